The molecule has 0 saturated carbocycles. The van der Waals surface area contributed by atoms with Gasteiger partial charge < -0.3 is 15.8 Å². The molecular formula is C20H17F3N4O3. The van der Waals surface area contributed by atoms with Gasteiger partial charge in [-0.15, -0.1) is 0 Å². The Kier molecular flexibility index (Phi) is 5.77. The van der Waals surface area contributed by atoms with Crippen molar-refractivity contribution in [1.29, 1.82) is 0 Å². The van der Waals surface area contributed by atoms with Gasteiger partial charge in [0, 0.05) is 18.3 Å². The molecule has 3 aromatic rings. The lowest BCUT2D eigenvalue weighted by Crippen LogP contribution is -2.26. The Balaban J connectivity index is 1.87. The number of halogens is 3. The Morgan fingerprint density at radius 1 is 1.13 bits per heavy atom. The predicted octanol–water partition coefficient (Wildman–Crippen LogP) is 3.56. The molecule has 1 atom stereocenters. The van der Waals surface area contributed by atoms with Gasteiger partial charge in [0.15, 0.2) is 0 Å². The van der Waals surface area contributed by atoms with Gasteiger partial charge in [0.2, 0.25) is 6.10 Å². The first kappa shape index (κ1) is 20.9. The number of ether oxygens (including phenoxy) is 1. The highest BCUT2D eigenvalue weighted by atomic mass is 19.4. The van der Waals surface area contributed by atoms with E-state index in [1.807, 2.05) is 0 Å². The molecule has 0 aliphatic heterocycles. The van der Waals surface area contributed by atoms with Crippen molar-refractivity contribution in [2.24, 2.45) is 7.05 Å². The van der Waals surface area contributed by atoms with Crippen LogP contribution in [0.4, 0.5) is 24.7 Å². The molecule has 0 aliphatic carbocycles. The summed E-state index contributed by atoms with van der Waals surface area (Å²) < 4.78 is 45.4. The lowest BCUT2D eigenvalue weighted by molar-refractivity contribution is -0.137. The second-order valence-corrected chi connectivity index (χ2v) is 6.33. The molecule has 30 heavy (non-hydrogen) atoms. The number of nitrogens with one attached hydrogen (secondary N) is 1. The maximum atomic E-state index is 12.9. The van der Waals surface area contributed by atoms with Crippen molar-refractivity contribution in [1.82, 2.24) is 9.78 Å². The summed E-state index contributed by atoms with van der Waals surface area (Å²) >= 11 is 0. The van der Waals surface area contributed by atoms with E-state index in [1.54, 1.807) is 30.3 Å². The van der Waals surface area contributed by atoms with Crippen molar-refractivity contribution in [3.63, 3.8) is 0 Å². The summed E-state index contributed by atoms with van der Waals surface area (Å²) in [7, 11) is 1.53. The minimum Gasteiger partial charge on any atom is -0.444 e. The smallest absolute Gasteiger partial charge is 0.416 e. The quantitative estimate of drug-likeness (QED) is 0.618. The molecular weight excluding hydrogens is 401 g/mol. The van der Waals surface area contributed by atoms with Crippen molar-refractivity contribution in [2.45, 2.75) is 12.3 Å². The van der Waals surface area contributed by atoms with Crippen LogP contribution in [0.25, 0.3) is 0 Å². The Morgan fingerprint density at radius 3 is 2.43 bits per heavy atom. The number of hydrogen-bond donors (Lipinski definition) is 2. The third-order valence-corrected chi connectivity index (χ3v) is 4.23. The number of carbonyl (C=O) groups is 2. The van der Waals surface area contributed by atoms with Gasteiger partial charge in [0.1, 0.15) is 11.4 Å². The molecule has 0 bridgehead atoms. The zero-order valence-corrected chi connectivity index (χ0v) is 15.7. The number of carbonyl (C=O) groups excluding carboxylic acids is 2. The molecule has 1 aromatic heterocycles. The molecule has 0 aliphatic rings. The van der Waals surface area contributed by atoms with Crippen LogP contribution in [0.3, 0.4) is 0 Å². The first-order chi connectivity index (χ1) is 14.2. The summed E-state index contributed by atoms with van der Waals surface area (Å²) in [6.45, 7) is 0. The number of aryl methyl sites for hydroxylation is 1. The van der Waals surface area contributed by atoms with Gasteiger partial charge in [-0.25, -0.2) is 4.79 Å². The summed E-state index contributed by atoms with van der Waals surface area (Å²) in [6.07, 6.45) is -4.79. The highest BCUT2D eigenvalue weighted by Crippen LogP contribution is 2.31. The number of hydrogen-bond acceptors (Lipinski definition) is 5. The molecule has 1 amide bonds. The van der Waals surface area contributed by atoms with E-state index >= 15 is 0 Å². The van der Waals surface area contributed by atoms with Crippen LogP contribution < -0.4 is 11.1 Å². The third-order valence-electron chi connectivity index (χ3n) is 4.23. The third kappa shape index (κ3) is 4.59. The molecule has 156 valence electrons. The number of aromatic nitrogens is 2. The number of alkyl halides is 3. The second-order valence-electron chi connectivity index (χ2n) is 6.33. The van der Waals surface area contributed by atoms with E-state index in [4.69, 9.17) is 10.5 Å². The Hall–Kier alpha value is -3.82. The number of nitrogen functional groups attached to an aromatic ring is 1. The maximum Gasteiger partial charge on any atom is 0.416 e. The summed E-state index contributed by atoms with van der Waals surface area (Å²) in [5.41, 5.74) is 5.05. The molecule has 10 heteroatoms. The minimum atomic E-state index is -4.57. The number of esters is 1. The van der Waals surface area contributed by atoms with Crippen LogP contribution in [0, 0.1) is 0 Å². The van der Waals surface area contributed by atoms with Gasteiger partial charge in [-0.3, -0.25) is 9.48 Å². The summed E-state index contributed by atoms with van der Waals surface area (Å²) in [5.74, 6) is -1.67. The maximum absolute atomic E-state index is 12.9. The van der Waals surface area contributed by atoms with E-state index in [1.165, 1.54) is 24.0 Å². The van der Waals surface area contributed by atoms with E-state index < -0.39 is 29.7 Å². The summed E-state index contributed by atoms with van der Waals surface area (Å²) in [5, 5.41) is 6.21. The Labute approximate surface area is 169 Å². The van der Waals surface area contributed by atoms with Crippen molar-refractivity contribution in [3.05, 3.63) is 77.5 Å². The van der Waals surface area contributed by atoms with E-state index in [0.29, 0.717) is 5.56 Å². The predicted molar refractivity (Wildman–Crippen MR) is 102 cm³/mol. The van der Waals surface area contributed by atoms with E-state index in [0.717, 1.165) is 18.2 Å². The van der Waals surface area contributed by atoms with E-state index in [2.05, 4.69) is 10.4 Å². The molecule has 1 heterocycles. The van der Waals surface area contributed by atoms with Crippen LogP contribution >= 0.6 is 0 Å². The number of amides is 1. The highest BCUT2D eigenvalue weighted by molar-refractivity contribution is 5.99. The minimum absolute atomic E-state index is 0.0368. The first-order valence-corrected chi connectivity index (χ1v) is 8.68. The molecule has 3 rings (SSSR count). The lowest BCUT2D eigenvalue weighted by Gasteiger charge is -2.18. The zero-order valence-electron chi connectivity index (χ0n) is 15.7. The Bertz CT molecular complexity index is 1060. The van der Waals surface area contributed by atoms with Crippen LogP contribution in [0.1, 0.15) is 27.6 Å². The molecule has 3 N–H and O–H groups in total. The van der Waals surface area contributed by atoms with E-state index in [9.17, 15) is 22.8 Å². The fourth-order valence-corrected chi connectivity index (χ4v) is 2.66. The fraction of sp³-hybridized carbons (Fsp3) is 0.150. The normalized spacial score (nSPS) is 12.3. The van der Waals surface area contributed by atoms with Crippen LogP contribution in [-0.2, 0) is 22.8 Å². The zero-order chi connectivity index (χ0) is 21.9. The lowest BCUT2D eigenvalue weighted by atomic mass is 10.1. The largest absolute Gasteiger partial charge is 0.444 e. The fourth-order valence-electron chi connectivity index (χ4n) is 2.66. The molecule has 0 fully saturated rings. The van der Waals surface area contributed by atoms with Gasteiger partial charge in [0.05, 0.1) is 11.8 Å². The molecule has 2 aromatic carbocycles. The van der Waals surface area contributed by atoms with Gasteiger partial charge in [0.25, 0.3) is 5.91 Å². The average molecular weight is 418 g/mol. The number of anilines is 2. The summed E-state index contributed by atoms with van der Waals surface area (Å²) in [6, 6.07) is 12.2. The van der Waals surface area contributed by atoms with Crippen LogP contribution in [0.5, 0.6) is 0 Å². The van der Waals surface area contributed by atoms with Gasteiger partial charge in [-0.05, 0) is 18.2 Å². The van der Waals surface area contributed by atoms with Crippen LogP contribution in [0.2, 0.25) is 0 Å². The SMILES string of the molecule is Cn1ncc(C(=O)O[C@@H](C(=O)Nc2cccc(C(F)(F)F)c2)c2ccccc2)c1N. The standard InChI is InChI=1S/C20H17F3N4O3/c1-27-17(24)15(11-25-27)19(29)30-16(12-6-3-2-4-7-12)18(28)26-14-9-5-8-13(10-14)20(21,22)23/h2-11,16H,24H2,1H3,(H,26,28)/t16-/m1/s1. The van der Waals surface area contributed by atoms with Crippen molar-refractivity contribution >= 4 is 23.4 Å². The molecule has 0 radical (unpaired) electrons. The number of benzene rings is 2. The van der Waals surface area contributed by atoms with Crippen LogP contribution in [0.15, 0.2) is 60.8 Å². The van der Waals surface area contributed by atoms with Gasteiger partial charge in [-0.1, -0.05) is 36.4 Å². The Morgan fingerprint density at radius 2 is 1.83 bits per heavy atom. The molecule has 0 saturated heterocycles. The number of rotatable bonds is 5. The second kappa shape index (κ2) is 8.27. The average Bonchev–Trinajstić information content (AvgIpc) is 3.05. The van der Waals surface area contributed by atoms with Crippen LogP contribution in [-0.4, -0.2) is 21.7 Å². The summed E-state index contributed by atoms with van der Waals surface area (Å²) in [4.78, 5) is 25.3. The van der Waals surface area contributed by atoms with Gasteiger partial charge in [-0.2, -0.15) is 18.3 Å². The molecule has 7 nitrogen and oxygen atoms in total. The first-order valence-electron chi connectivity index (χ1n) is 8.68. The highest BCUT2D eigenvalue weighted by Gasteiger charge is 2.31. The van der Waals surface area contributed by atoms with Gasteiger partial charge >= 0.3 is 12.1 Å². The molecule has 0 spiro atoms. The van der Waals surface area contributed by atoms with E-state index in [-0.39, 0.29) is 17.1 Å². The number of nitrogens with zero attached hydrogens (tertiary/aromatic N) is 2. The molecule has 0 unspecified atom stereocenters. The number of nitrogens with two attached hydrogens (primary N) is 1. The van der Waals surface area contributed by atoms with Crippen molar-refractivity contribution < 1.29 is 27.5 Å². The topological polar surface area (TPSA) is 99.2 Å². The monoisotopic (exact) mass is 418 g/mol. The van der Waals surface area contributed by atoms with Crippen molar-refractivity contribution in [3.8, 4) is 0 Å². The van der Waals surface area contributed by atoms with Crippen molar-refractivity contribution in [2.75, 3.05) is 11.1 Å².